The molecule has 2 aromatic heterocycles. The molecule has 0 saturated carbocycles. The molecular weight excluding hydrogens is 435 g/mol. The number of carbonyl (C=O) groups excluding carboxylic acids is 1. The lowest BCUT2D eigenvalue weighted by molar-refractivity contribution is -0.151. The number of nitrogens with zero attached hydrogens (tertiary/aromatic N) is 3. The topological polar surface area (TPSA) is 117 Å². The van der Waals surface area contributed by atoms with Crippen LogP contribution in [0.5, 0.6) is 0 Å². The molecule has 2 heterocycles. The summed E-state index contributed by atoms with van der Waals surface area (Å²) in [5, 5.41) is 10.7. The highest BCUT2D eigenvalue weighted by molar-refractivity contribution is 7.89. The standard InChI is InChI=1S/C16H15ClF3N5O3S/c1-3-12(16(18,19)20)24-29(27,28)11-8-25(2)14(13(11)17)15(26)23-9-4-5-22-10(6-9)7-21/h4-6,8,12,24H,3H2,1-2H3,(H,22,23,26)/t12-/m1/s1. The number of sulfonamides is 1. The molecule has 0 aliphatic rings. The van der Waals surface area contributed by atoms with Gasteiger partial charge in [0.15, 0.2) is 0 Å². The van der Waals surface area contributed by atoms with E-state index in [0.29, 0.717) is 0 Å². The number of carbonyl (C=O) groups is 1. The molecule has 13 heteroatoms. The number of nitrogens with one attached hydrogen (secondary N) is 2. The molecule has 0 fully saturated rings. The Balaban J connectivity index is 2.36. The van der Waals surface area contributed by atoms with Gasteiger partial charge in [-0.1, -0.05) is 18.5 Å². The van der Waals surface area contributed by atoms with Crippen LogP contribution in [-0.4, -0.2) is 36.1 Å². The largest absolute Gasteiger partial charge is 0.404 e. The van der Waals surface area contributed by atoms with Crippen molar-refractivity contribution < 1.29 is 26.4 Å². The fourth-order valence-electron chi connectivity index (χ4n) is 2.41. The van der Waals surface area contributed by atoms with Gasteiger partial charge < -0.3 is 9.88 Å². The van der Waals surface area contributed by atoms with Gasteiger partial charge in [0, 0.05) is 25.1 Å². The SMILES string of the molecule is CC[C@@H](NS(=O)(=O)c1cn(C)c(C(=O)Nc2ccnc(C#N)c2)c1Cl)C(F)(F)F. The molecule has 0 unspecified atom stereocenters. The number of anilines is 1. The number of halogens is 4. The minimum atomic E-state index is -4.79. The third-order valence-corrected chi connectivity index (χ3v) is 5.80. The number of aryl methyl sites for hydroxylation is 1. The number of hydrogen-bond donors (Lipinski definition) is 2. The lowest BCUT2D eigenvalue weighted by Gasteiger charge is -2.19. The summed E-state index contributed by atoms with van der Waals surface area (Å²) in [6, 6.07) is 2.16. The van der Waals surface area contributed by atoms with Crippen LogP contribution in [0.15, 0.2) is 29.4 Å². The van der Waals surface area contributed by atoms with Crippen LogP contribution in [0.3, 0.4) is 0 Å². The van der Waals surface area contributed by atoms with Gasteiger partial charge in [-0.15, -0.1) is 0 Å². The predicted molar refractivity (Wildman–Crippen MR) is 97.8 cm³/mol. The summed E-state index contributed by atoms with van der Waals surface area (Å²) in [5.41, 5.74) is -0.0575. The fourth-order valence-corrected chi connectivity index (χ4v) is 4.41. The van der Waals surface area contributed by atoms with E-state index in [2.05, 4.69) is 10.3 Å². The van der Waals surface area contributed by atoms with Crippen molar-refractivity contribution in [1.82, 2.24) is 14.3 Å². The second kappa shape index (κ2) is 8.40. The number of hydrogen-bond acceptors (Lipinski definition) is 5. The van der Waals surface area contributed by atoms with Crippen molar-refractivity contribution in [1.29, 1.82) is 5.26 Å². The Morgan fingerprint density at radius 1 is 1.45 bits per heavy atom. The first kappa shape index (κ1) is 22.7. The first-order chi connectivity index (χ1) is 13.4. The van der Waals surface area contributed by atoms with Gasteiger partial charge in [-0.05, 0) is 18.6 Å². The Morgan fingerprint density at radius 2 is 2.10 bits per heavy atom. The molecule has 8 nitrogen and oxygen atoms in total. The quantitative estimate of drug-likeness (QED) is 0.703. The van der Waals surface area contributed by atoms with Gasteiger partial charge in [0.25, 0.3) is 5.91 Å². The maximum absolute atomic E-state index is 12.9. The summed E-state index contributed by atoms with van der Waals surface area (Å²) in [7, 11) is -3.35. The van der Waals surface area contributed by atoms with Gasteiger partial charge in [-0.25, -0.2) is 13.4 Å². The lowest BCUT2D eigenvalue weighted by Crippen LogP contribution is -2.44. The number of nitriles is 1. The highest BCUT2D eigenvalue weighted by Gasteiger charge is 2.42. The summed E-state index contributed by atoms with van der Waals surface area (Å²) < 4.78 is 66.2. The molecule has 0 radical (unpaired) electrons. The summed E-state index contributed by atoms with van der Waals surface area (Å²) in [4.78, 5) is 15.6. The van der Waals surface area contributed by atoms with E-state index >= 15 is 0 Å². The van der Waals surface area contributed by atoms with Crippen LogP contribution < -0.4 is 10.0 Å². The number of amides is 1. The summed E-state index contributed by atoms with van der Waals surface area (Å²) >= 11 is 6.03. The van der Waals surface area contributed by atoms with E-state index in [-0.39, 0.29) is 17.1 Å². The molecule has 0 spiro atoms. The molecule has 2 rings (SSSR count). The van der Waals surface area contributed by atoms with Crippen molar-refractivity contribution in [2.45, 2.75) is 30.5 Å². The second-order valence-electron chi connectivity index (χ2n) is 5.89. The van der Waals surface area contributed by atoms with Crippen molar-refractivity contribution in [3.63, 3.8) is 0 Å². The Labute approximate surface area is 169 Å². The molecule has 0 aliphatic heterocycles. The van der Waals surface area contributed by atoms with Crippen molar-refractivity contribution in [3.8, 4) is 6.07 Å². The lowest BCUT2D eigenvalue weighted by atomic mass is 10.2. The maximum Gasteiger partial charge on any atom is 0.404 e. The fraction of sp³-hybridized carbons (Fsp3) is 0.312. The highest BCUT2D eigenvalue weighted by atomic mass is 35.5. The minimum Gasteiger partial charge on any atom is -0.344 e. The van der Waals surface area contributed by atoms with Crippen LogP contribution in [0.1, 0.15) is 29.5 Å². The third kappa shape index (κ3) is 5.06. The second-order valence-corrected chi connectivity index (χ2v) is 7.95. The van der Waals surface area contributed by atoms with Crippen LogP contribution in [-0.2, 0) is 17.1 Å². The van der Waals surface area contributed by atoms with Crippen LogP contribution in [0.2, 0.25) is 5.02 Å². The van der Waals surface area contributed by atoms with Crippen molar-refractivity contribution in [2.24, 2.45) is 7.05 Å². The summed E-state index contributed by atoms with van der Waals surface area (Å²) in [5.74, 6) is -0.822. The van der Waals surface area contributed by atoms with Crippen LogP contribution in [0.4, 0.5) is 18.9 Å². The predicted octanol–water partition coefficient (Wildman–Crippen LogP) is 2.82. The number of aromatic nitrogens is 2. The number of alkyl halides is 3. The van der Waals surface area contributed by atoms with Gasteiger partial charge in [0.2, 0.25) is 10.0 Å². The molecular formula is C16H15ClF3N5O3S. The van der Waals surface area contributed by atoms with E-state index in [1.807, 2.05) is 0 Å². The Morgan fingerprint density at radius 3 is 2.66 bits per heavy atom. The molecule has 0 saturated heterocycles. The molecule has 2 N–H and O–H groups in total. The Kier molecular flexibility index (Phi) is 6.56. The molecule has 0 aliphatic carbocycles. The zero-order valence-corrected chi connectivity index (χ0v) is 16.7. The highest BCUT2D eigenvalue weighted by Crippen LogP contribution is 2.30. The van der Waals surface area contributed by atoms with E-state index in [4.69, 9.17) is 16.9 Å². The summed E-state index contributed by atoms with van der Waals surface area (Å²) in [6.45, 7) is 1.18. The monoisotopic (exact) mass is 449 g/mol. The molecule has 0 aromatic carbocycles. The van der Waals surface area contributed by atoms with Crippen LogP contribution >= 0.6 is 11.6 Å². The van der Waals surface area contributed by atoms with E-state index in [9.17, 15) is 26.4 Å². The average molecular weight is 450 g/mol. The minimum absolute atomic E-state index is 0.0333. The number of rotatable bonds is 6. The van der Waals surface area contributed by atoms with E-state index in [1.54, 1.807) is 10.8 Å². The van der Waals surface area contributed by atoms with Crippen LogP contribution in [0.25, 0.3) is 0 Å². The maximum atomic E-state index is 12.9. The zero-order chi connectivity index (χ0) is 22.0. The van der Waals surface area contributed by atoms with Gasteiger partial charge in [-0.2, -0.15) is 23.2 Å². The molecule has 29 heavy (non-hydrogen) atoms. The first-order valence-corrected chi connectivity index (χ1v) is 9.88. The smallest absolute Gasteiger partial charge is 0.344 e. The average Bonchev–Trinajstić information content (AvgIpc) is 2.94. The summed E-state index contributed by atoms with van der Waals surface area (Å²) in [6.07, 6.45) is -3.09. The molecule has 2 aromatic rings. The molecule has 1 atom stereocenters. The Hall–Kier alpha value is -2.62. The molecule has 1 amide bonds. The van der Waals surface area contributed by atoms with Crippen LogP contribution in [0, 0.1) is 11.3 Å². The molecule has 0 bridgehead atoms. The Bertz CT molecular complexity index is 1080. The zero-order valence-electron chi connectivity index (χ0n) is 15.1. The van der Waals surface area contributed by atoms with Gasteiger partial charge in [-0.3, -0.25) is 4.79 Å². The van der Waals surface area contributed by atoms with E-state index < -0.39 is 44.5 Å². The number of pyridine rings is 1. The van der Waals surface area contributed by atoms with Crippen molar-refractivity contribution in [3.05, 3.63) is 40.9 Å². The third-order valence-electron chi connectivity index (χ3n) is 3.83. The van der Waals surface area contributed by atoms with Crippen molar-refractivity contribution >= 4 is 33.2 Å². The van der Waals surface area contributed by atoms with Gasteiger partial charge >= 0.3 is 6.18 Å². The van der Waals surface area contributed by atoms with Crippen molar-refractivity contribution in [2.75, 3.05) is 5.32 Å². The van der Waals surface area contributed by atoms with E-state index in [0.717, 1.165) is 10.8 Å². The first-order valence-electron chi connectivity index (χ1n) is 8.02. The normalized spacial score (nSPS) is 13.0. The van der Waals surface area contributed by atoms with Gasteiger partial charge in [0.05, 0.1) is 5.02 Å². The molecule has 156 valence electrons. The van der Waals surface area contributed by atoms with E-state index in [1.165, 1.54) is 32.3 Å². The van der Waals surface area contributed by atoms with Gasteiger partial charge in [0.1, 0.15) is 28.4 Å².